The third kappa shape index (κ3) is 5.21. The van der Waals surface area contributed by atoms with Crippen molar-refractivity contribution in [2.24, 2.45) is 0 Å². The van der Waals surface area contributed by atoms with Crippen LogP contribution in [0.15, 0.2) is 40.9 Å². The van der Waals surface area contributed by atoms with Crippen LogP contribution >= 0.6 is 27.5 Å². The predicted molar refractivity (Wildman–Crippen MR) is 100 cm³/mol. The molecule has 0 saturated heterocycles. The lowest BCUT2D eigenvalue weighted by molar-refractivity contribution is -0.115. The third-order valence-corrected chi connectivity index (χ3v) is 4.23. The molecule has 0 radical (unpaired) electrons. The minimum Gasteiger partial charge on any atom is -0.496 e. The fourth-order valence-electron chi connectivity index (χ4n) is 2.02. The molecule has 0 saturated carbocycles. The van der Waals surface area contributed by atoms with Crippen LogP contribution in [0.25, 0.3) is 0 Å². The van der Waals surface area contributed by atoms with Gasteiger partial charge in [-0.3, -0.25) is 4.79 Å². The molecule has 7 heteroatoms. The molecule has 0 unspecified atom stereocenters. The molecule has 0 bridgehead atoms. The van der Waals surface area contributed by atoms with Crippen LogP contribution in [0.4, 0.5) is 5.69 Å². The second kappa shape index (κ2) is 8.87. The van der Waals surface area contributed by atoms with Crippen LogP contribution in [-0.4, -0.2) is 19.0 Å². The highest BCUT2D eigenvalue weighted by Gasteiger charge is 2.18. The van der Waals surface area contributed by atoms with Gasteiger partial charge in [0.05, 0.1) is 17.8 Å². The second-order valence-corrected chi connectivity index (χ2v) is 6.46. The van der Waals surface area contributed by atoms with Crippen molar-refractivity contribution in [3.05, 3.63) is 57.0 Å². The number of anilines is 1. The number of hydrogen-bond acceptors (Lipinski definition) is 4. The molecule has 2 aromatic carbocycles. The fourth-order valence-corrected chi connectivity index (χ4v) is 2.50. The Morgan fingerprint density at radius 3 is 2.48 bits per heavy atom. The molecule has 0 aliphatic carbocycles. The summed E-state index contributed by atoms with van der Waals surface area (Å²) in [5.41, 5.74) is 1.43. The van der Waals surface area contributed by atoms with Gasteiger partial charge in [-0.25, -0.2) is 4.79 Å². The van der Waals surface area contributed by atoms with Gasteiger partial charge >= 0.3 is 5.97 Å². The van der Waals surface area contributed by atoms with E-state index in [4.69, 9.17) is 21.1 Å². The lowest BCUT2D eigenvalue weighted by Crippen LogP contribution is -2.12. The third-order valence-electron chi connectivity index (χ3n) is 3.39. The van der Waals surface area contributed by atoms with Crippen molar-refractivity contribution in [2.75, 3.05) is 12.4 Å². The van der Waals surface area contributed by atoms with Crippen molar-refractivity contribution >= 4 is 45.1 Å². The molecule has 0 heterocycles. The molecule has 132 valence electrons. The number of ether oxygens (including phenoxy) is 2. The summed E-state index contributed by atoms with van der Waals surface area (Å²) in [6, 6.07) is 10.4. The molecule has 0 aliphatic heterocycles. The Morgan fingerprint density at radius 2 is 1.88 bits per heavy atom. The highest BCUT2D eigenvalue weighted by atomic mass is 79.9. The van der Waals surface area contributed by atoms with E-state index in [-0.39, 0.29) is 28.8 Å². The Labute approximate surface area is 159 Å². The van der Waals surface area contributed by atoms with Crippen LogP contribution in [0.5, 0.6) is 5.75 Å². The molecule has 0 spiro atoms. The normalized spacial score (nSPS) is 10.2. The average Bonchev–Trinajstić information content (AvgIpc) is 2.62. The number of halogens is 2. The van der Waals surface area contributed by atoms with E-state index in [2.05, 4.69) is 21.2 Å². The number of carbonyl (C=O) groups is 2. The van der Waals surface area contributed by atoms with E-state index in [0.717, 1.165) is 10.0 Å². The minimum atomic E-state index is -0.560. The van der Waals surface area contributed by atoms with E-state index in [1.807, 2.05) is 24.3 Å². The summed E-state index contributed by atoms with van der Waals surface area (Å²) in [6.07, 6.45) is 0.315. The maximum Gasteiger partial charge on any atom is 0.342 e. The second-order valence-electron chi connectivity index (χ2n) is 5.14. The zero-order valence-electron chi connectivity index (χ0n) is 13.8. The zero-order chi connectivity index (χ0) is 18.4. The van der Waals surface area contributed by atoms with E-state index >= 15 is 0 Å². The molecule has 25 heavy (non-hydrogen) atoms. The number of hydrogen-bond donors (Lipinski definition) is 1. The molecule has 1 N–H and O–H groups in total. The molecular weight excluding hydrogens is 410 g/mol. The van der Waals surface area contributed by atoms with Crippen LogP contribution in [-0.2, 0) is 16.1 Å². The topological polar surface area (TPSA) is 64.6 Å². The molecule has 0 fully saturated rings. The van der Waals surface area contributed by atoms with Crippen LogP contribution < -0.4 is 10.1 Å². The molecule has 0 aromatic heterocycles. The first-order chi connectivity index (χ1) is 11.9. The van der Waals surface area contributed by atoms with Gasteiger partial charge in [0.2, 0.25) is 5.91 Å². The average molecular weight is 427 g/mol. The number of carbonyl (C=O) groups excluding carboxylic acids is 2. The van der Waals surface area contributed by atoms with Gasteiger partial charge in [0.25, 0.3) is 0 Å². The van der Waals surface area contributed by atoms with Crippen molar-refractivity contribution in [2.45, 2.75) is 20.0 Å². The van der Waals surface area contributed by atoms with Crippen LogP contribution in [0.2, 0.25) is 5.02 Å². The van der Waals surface area contributed by atoms with Gasteiger partial charge in [-0.1, -0.05) is 46.6 Å². The molecule has 0 atom stereocenters. The smallest absolute Gasteiger partial charge is 0.342 e. The van der Waals surface area contributed by atoms with E-state index < -0.39 is 5.97 Å². The van der Waals surface area contributed by atoms with Crippen LogP contribution in [0.3, 0.4) is 0 Å². The monoisotopic (exact) mass is 425 g/mol. The number of benzene rings is 2. The summed E-state index contributed by atoms with van der Waals surface area (Å²) in [5.74, 6) is -0.471. The molecule has 0 aliphatic rings. The largest absolute Gasteiger partial charge is 0.496 e. The molecular formula is C18H17BrClNO4. The van der Waals surface area contributed by atoms with Gasteiger partial charge < -0.3 is 14.8 Å². The van der Waals surface area contributed by atoms with E-state index in [1.165, 1.54) is 19.2 Å². The SMILES string of the molecule is CCC(=O)Nc1cc(OC)c(C(=O)OCc2ccc(Br)cc2)cc1Cl. The number of methoxy groups -OCH3 is 1. The van der Waals surface area contributed by atoms with Gasteiger partial charge in [0, 0.05) is 17.0 Å². The summed E-state index contributed by atoms with van der Waals surface area (Å²) in [6.45, 7) is 1.86. The van der Waals surface area contributed by atoms with E-state index in [9.17, 15) is 9.59 Å². The fraction of sp³-hybridized carbons (Fsp3) is 0.222. The molecule has 2 aromatic rings. The Balaban J connectivity index is 2.16. The maximum absolute atomic E-state index is 12.3. The summed E-state index contributed by atoms with van der Waals surface area (Å²) < 4.78 is 11.5. The lowest BCUT2D eigenvalue weighted by atomic mass is 10.1. The first-order valence-electron chi connectivity index (χ1n) is 7.53. The summed E-state index contributed by atoms with van der Waals surface area (Å²) >= 11 is 9.50. The van der Waals surface area contributed by atoms with Gasteiger partial charge in [-0.05, 0) is 23.8 Å². The van der Waals surface area contributed by atoms with Crippen molar-refractivity contribution < 1.29 is 19.1 Å². The highest BCUT2D eigenvalue weighted by molar-refractivity contribution is 9.10. The first kappa shape index (κ1) is 19.3. The Hall–Kier alpha value is -2.05. The number of amides is 1. The number of nitrogens with one attached hydrogen (secondary N) is 1. The van der Waals surface area contributed by atoms with Crippen LogP contribution in [0, 0.1) is 0 Å². The number of esters is 1. The van der Waals surface area contributed by atoms with Crippen molar-refractivity contribution in [1.82, 2.24) is 0 Å². The lowest BCUT2D eigenvalue weighted by Gasteiger charge is -2.13. The summed E-state index contributed by atoms with van der Waals surface area (Å²) in [5, 5.41) is 2.89. The minimum absolute atomic E-state index is 0.126. The summed E-state index contributed by atoms with van der Waals surface area (Å²) in [4.78, 5) is 23.9. The Kier molecular flexibility index (Phi) is 6.84. The Morgan fingerprint density at radius 1 is 1.20 bits per heavy atom. The highest BCUT2D eigenvalue weighted by Crippen LogP contribution is 2.31. The van der Waals surface area contributed by atoms with Crippen molar-refractivity contribution in [3.8, 4) is 5.75 Å². The Bertz CT molecular complexity index is 777. The maximum atomic E-state index is 12.3. The van der Waals surface area contributed by atoms with Gasteiger partial charge in [0.15, 0.2) is 0 Å². The van der Waals surface area contributed by atoms with Gasteiger partial charge in [-0.15, -0.1) is 0 Å². The molecule has 2 rings (SSSR count). The van der Waals surface area contributed by atoms with Gasteiger partial charge in [-0.2, -0.15) is 0 Å². The molecule has 1 amide bonds. The predicted octanol–water partition coefficient (Wildman–Crippen LogP) is 4.82. The summed E-state index contributed by atoms with van der Waals surface area (Å²) in [7, 11) is 1.43. The standard InChI is InChI=1S/C18H17BrClNO4/c1-3-17(22)21-15-9-16(24-2)13(8-14(15)20)18(23)25-10-11-4-6-12(19)7-5-11/h4-9H,3,10H2,1-2H3,(H,21,22). The zero-order valence-corrected chi connectivity index (χ0v) is 16.1. The quantitative estimate of drug-likeness (QED) is 0.673. The van der Waals surface area contributed by atoms with E-state index in [1.54, 1.807) is 6.92 Å². The van der Waals surface area contributed by atoms with E-state index in [0.29, 0.717) is 12.1 Å². The van der Waals surface area contributed by atoms with Crippen molar-refractivity contribution in [1.29, 1.82) is 0 Å². The van der Waals surface area contributed by atoms with Gasteiger partial charge in [0.1, 0.15) is 17.9 Å². The molecule has 5 nitrogen and oxygen atoms in total. The number of rotatable bonds is 6. The first-order valence-corrected chi connectivity index (χ1v) is 8.70. The van der Waals surface area contributed by atoms with Crippen LogP contribution in [0.1, 0.15) is 29.3 Å². The van der Waals surface area contributed by atoms with Crippen molar-refractivity contribution in [3.63, 3.8) is 0 Å².